The van der Waals surface area contributed by atoms with Gasteiger partial charge in [-0.25, -0.2) is 9.88 Å². The van der Waals surface area contributed by atoms with Gasteiger partial charge in [0.25, 0.3) is 5.78 Å². The number of amides is 1. The molecule has 3 rings (SSSR count). The molecular formula is C18H18N4O2S. The number of thiazole rings is 1. The van der Waals surface area contributed by atoms with Crippen molar-refractivity contribution in [1.29, 1.82) is 0 Å². The highest BCUT2D eigenvalue weighted by Gasteiger charge is 2.31. The molecule has 0 fully saturated rings. The lowest BCUT2D eigenvalue weighted by molar-refractivity contribution is -0.114. The summed E-state index contributed by atoms with van der Waals surface area (Å²) in [5.74, 6) is -1.22. The lowest BCUT2D eigenvalue weighted by Crippen LogP contribution is -2.33. The Morgan fingerprint density at radius 3 is 2.32 bits per heavy atom. The predicted molar refractivity (Wildman–Crippen MR) is 97.5 cm³/mol. The maximum Gasteiger partial charge on any atom is 0.305 e. The van der Waals surface area contributed by atoms with Crippen molar-refractivity contribution < 1.29 is 9.59 Å². The fourth-order valence-corrected chi connectivity index (χ4v) is 3.47. The minimum atomic E-state index is -0.639. The Hall–Kier alpha value is -2.80. The fraction of sp³-hybridized carbons (Fsp3) is 0.222. The molecule has 0 N–H and O–H groups in total. The maximum atomic E-state index is 13.1. The van der Waals surface area contributed by atoms with Crippen molar-refractivity contribution >= 4 is 33.8 Å². The summed E-state index contributed by atoms with van der Waals surface area (Å²) in [4.78, 5) is 31.8. The molecule has 1 amide bonds. The number of ketones is 1. The third-order valence-corrected chi connectivity index (χ3v) is 4.89. The summed E-state index contributed by atoms with van der Waals surface area (Å²) >= 11 is 1.33. The van der Waals surface area contributed by atoms with Gasteiger partial charge in [-0.2, -0.15) is 5.10 Å². The Kier molecular flexibility index (Phi) is 4.50. The number of para-hydroxylation sites is 1. The number of Topliss-reactive ketones (excluding diaryl/α,β-unsaturated/α-hetero) is 1. The van der Waals surface area contributed by atoms with Crippen molar-refractivity contribution in [3.8, 4) is 0 Å². The summed E-state index contributed by atoms with van der Waals surface area (Å²) in [6.45, 7) is 5.36. The van der Waals surface area contributed by atoms with Gasteiger partial charge < -0.3 is 0 Å². The molecule has 2 heterocycles. The maximum absolute atomic E-state index is 13.1. The van der Waals surface area contributed by atoms with Gasteiger partial charge >= 0.3 is 5.91 Å². The molecule has 3 aromatic rings. The van der Waals surface area contributed by atoms with Crippen LogP contribution in [0, 0.1) is 20.8 Å². The molecule has 0 aliphatic heterocycles. The van der Waals surface area contributed by atoms with E-state index in [-0.39, 0.29) is 0 Å². The zero-order valence-electron chi connectivity index (χ0n) is 14.5. The van der Waals surface area contributed by atoms with E-state index in [0.29, 0.717) is 27.8 Å². The topological polar surface area (TPSA) is 68.1 Å². The van der Waals surface area contributed by atoms with Gasteiger partial charge in [0, 0.05) is 18.1 Å². The monoisotopic (exact) mass is 354 g/mol. The third kappa shape index (κ3) is 3.10. The van der Waals surface area contributed by atoms with Gasteiger partial charge in [-0.15, -0.1) is 11.3 Å². The number of anilines is 2. The molecule has 6 nitrogen and oxygen atoms in total. The van der Waals surface area contributed by atoms with Crippen molar-refractivity contribution in [3.63, 3.8) is 0 Å². The summed E-state index contributed by atoms with van der Waals surface area (Å²) in [7, 11) is 1.75. The average Bonchev–Trinajstić information content (AvgIpc) is 3.11. The smallest absolute Gasteiger partial charge is 0.283 e. The Labute approximate surface area is 149 Å². The summed E-state index contributed by atoms with van der Waals surface area (Å²) < 4.78 is 1.61. The molecular weight excluding hydrogens is 336 g/mol. The predicted octanol–water partition coefficient (Wildman–Crippen LogP) is 3.35. The average molecular weight is 354 g/mol. The number of aryl methyl sites for hydroxylation is 3. The van der Waals surface area contributed by atoms with E-state index in [1.54, 1.807) is 37.7 Å². The number of carbonyl (C=O) groups excluding carboxylic acids is 2. The second-order valence-corrected chi connectivity index (χ2v) is 6.58. The first-order valence-corrected chi connectivity index (χ1v) is 8.64. The van der Waals surface area contributed by atoms with E-state index in [1.165, 1.54) is 16.2 Å². The van der Waals surface area contributed by atoms with Crippen molar-refractivity contribution in [3.05, 3.63) is 58.4 Å². The third-order valence-electron chi connectivity index (χ3n) is 3.95. The molecule has 7 heteroatoms. The number of aromatic nitrogens is 3. The van der Waals surface area contributed by atoms with Crippen molar-refractivity contribution in [2.45, 2.75) is 20.8 Å². The van der Waals surface area contributed by atoms with E-state index in [2.05, 4.69) is 10.1 Å². The fourth-order valence-electron chi connectivity index (χ4n) is 2.65. The largest absolute Gasteiger partial charge is 0.305 e. The molecule has 0 radical (unpaired) electrons. The van der Waals surface area contributed by atoms with E-state index in [0.717, 1.165) is 5.69 Å². The zero-order valence-corrected chi connectivity index (χ0v) is 15.3. The lowest BCUT2D eigenvalue weighted by Gasteiger charge is -2.19. The molecule has 0 aliphatic rings. The highest BCUT2D eigenvalue weighted by Crippen LogP contribution is 2.29. The SMILES string of the molecule is Cc1csc(N(C(=O)C(=O)c2c(C)nn(C)c2C)c2ccccc2)n1. The van der Waals surface area contributed by atoms with Crippen molar-refractivity contribution in [2.75, 3.05) is 4.90 Å². The summed E-state index contributed by atoms with van der Waals surface area (Å²) in [5.41, 5.74) is 2.96. The van der Waals surface area contributed by atoms with Gasteiger partial charge in [-0.05, 0) is 32.9 Å². The van der Waals surface area contributed by atoms with Crippen LogP contribution in [0.4, 0.5) is 10.8 Å². The molecule has 0 aliphatic carbocycles. The van der Waals surface area contributed by atoms with Gasteiger partial charge in [-0.3, -0.25) is 14.3 Å². The summed E-state index contributed by atoms with van der Waals surface area (Å²) in [6.07, 6.45) is 0. The standard InChI is InChI=1S/C18H18N4O2S/c1-11-10-25-18(19-11)22(14-8-6-5-7-9-14)17(24)16(23)15-12(2)20-21(4)13(15)3/h5-10H,1-4H3. The van der Waals surface area contributed by atoms with Crippen LogP contribution in [0.2, 0.25) is 0 Å². The highest BCUT2D eigenvalue weighted by atomic mass is 32.1. The summed E-state index contributed by atoms with van der Waals surface area (Å²) in [5, 5.41) is 6.56. The number of hydrogen-bond acceptors (Lipinski definition) is 5. The first kappa shape index (κ1) is 17.0. The van der Waals surface area contributed by atoms with E-state index in [1.807, 2.05) is 30.5 Å². The normalized spacial score (nSPS) is 10.7. The second-order valence-electron chi connectivity index (χ2n) is 5.75. The summed E-state index contributed by atoms with van der Waals surface area (Å²) in [6, 6.07) is 9.06. The van der Waals surface area contributed by atoms with Crippen LogP contribution in [0.15, 0.2) is 35.7 Å². The minimum absolute atomic E-state index is 0.349. The molecule has 1 aromatic carbocycles. The Morgan fingerprint density at radius 2 is 1.80 bits per heavy atom. The van der Waals surface area contributed by atoms with Crippen LogP contribution in [-0.4, -0.2) is 26.5 Å². The molecule has 128 valence electrons. The minimum Gasteiger partial charge on any atom is -0.283 e. The van der Waals surface area contributed by atoms with Crippen molar-refractivity contribution in [1.82, 2.24) is 14.8 Å². The van der Waals surface area contributed by atoms with Crippen LogP contribution in [0.1, 0.15) is 27.4 Å². The van der Waals surface area contributed by atoms with Crippen LogP contribution >= 0.6 is 11.3 Å². The van der Waals surface area contributed by atoms with Crippen LogP contribution in [0.5, 0.6) is 0 Å². The molecule has 0 saturated carbocycles. The highest BCUT2D eigenvalue weighted by molar-refractivity contribution is 7.14. The van der Waals surface area contributed by atoms with Crippen LogP contribution < -0.4 is 4.90 Å². The lowest BCUT2D eigenvalue weighted by atomic mass is 10.1. The van der Waals surface area contributed by atoms with Crippen LogP contribution in [0.3, 0.4) is 0 Å². The van der Waals surface area contributed by atoms with E-state index >= 15 is 0 Å². The second kappa shape index (κ2) is 6.60. The Morgan fingerprint density at radius 1 is 1.12 bits per heavy atom. The van der Waals surface area contributed by atoms with E-state index in [9.17, 15) is 9.59 Å². The van der Waals surface area contributed by atoms with E-state index in [4.69, 9.17) is 0 Å². The molecule has 0 saturated heterocycles. The first-order chi connectivity index (χ1) is 11.9. The quantitative estimate of drug-likeness (QED) is 0.532. The molecule has 0 bridgehead atoms. The van der Waals surface area contributed by atoms with Gasteiger partial charge in [0.1, 0.15) is 0 Å². The van der Waals surface area contributed by atoms with Crippen LogP contribution in [-0.2, 0) is 11.8 Å². The van der Waals surface area contributed by atoms with Gasteiger partial charge in [0.15, 0.2) is 5.13 Å². The molecule has 25 heavy (non-hydrogen) atoms. The first-order valence-electron chi connectivity index (χ1n) is 7.76. The van der Waals surface area contributed by atoms with Gasteiger partial charge in [0.2, 0.25) is 0 Å². The van der Waals surface area contributed by atoms with Gasteiger partial charge in [0.05, 0.1) is 22.6 Å². The Balaban J connectivity index is 2.07. The molecule has 0 unspecified atom stereocenters. The number of hydrogen-bond donors (Lipinski definition) is 0. The zero-order chi connectivity index (χ0) is 18.1. The number of benzene rings is 1. The molecule has 0 atom stereocenters. The van der Waals surface area contributed by atoms with Gasteiger partial charge in [-0.1, -0.05) is 18.2 Å². The number of nitrogens with zero attached hydrogens (tertiary/aromatic N) is 4. The Bertz CT molecular complexity index is 943. The van der Waals surface area contributed by atoms with E-state index < -0.39 is 11.7 Å². The number of carbonyl (C=O) groups is 2. The molecule has 2 aromatic heterocycles. The van der Waals surface area contributed by atoms with Crippen LogP contribution in [0.25, 0.3) is 0 Å². The molecule has 0 spiro atoms. The number of rotatable bonds is 4. The van der Waals surface area contributed by atoms with Crippen molar-refractivity contribution in [2.24, 2.45) is 7.05 Å².